The lowest BCUT2D eigenvalue weighted by atomic mass is 9.85. The Hall–Kier alpha value is -12.1. The molecule has 2 amide bonds. The highest BCUT2D eigenvalue weighted by molar-refractivity contribution is 6.33. The van der Waals surface area contributed by atoms with E-state index in [1.54, 1.807) is 37.4 Å². The number of carbonyl (C=O) groups excluding carboxylic acids is 2. The minimum absolute atomic E-state index is 0.0634. The molecular weight excluding hydrogens is 1770 g/mol. The first-order chi connectivity index (χ1) is 63.6. The first-order valence-electron chi connectivity index (χ1n) is 44.8. The van der Waals surface area contributed by atoms with E-state index in [2.05, 4.69) is 167 Å². The smallest absolute Gasteiger partial charge is 0.341 e. The minimum Gasteiger partial charge on any atom is -0.341 e. The molecule has 6 fully saturated rings. The molecular formula is C94H113Cl3F5N29O2. The van der Waals surface area contributed by atoms with E-state index in [1.807, 2.05) is 101 Å². The summed E-state index contributed by atoms with van der Waals surface area (Å²) in [7, 11) is 3.96. The topological polar surface area (TPSA) is 396 Å². The van der Waals surface area contributed by atoms with Crippen LogP contribution in [0.2, 0.25) is 15.1 Å². The van der Waals surface area contributed by atoms with Crippen molar-refractivity contribution in [2.45, 2.75) is 194 Å². The predicted octanol–water partition coefficient (Wildman–Crippen LogP) is 18.9. The summed E-state index contributed by atoms with van der Waals surface area (Å²) in [5, 5.41) is 56.8. The van der Waals surface area contributed by atoms with Gasteiger partial charge in [-0.2, -0.15) is 48.5 Å². The number of aromatic amines is 4. The SMILES string of the molecule is Cc1cc(Nc2nc(Cc3cc(C)c(C4CCN(C(=O)C5(N)CC5)CC4)cc3F)ncc2Cl)n[nH]1.Cc1cc(Nc2nc(Nc3cc(C)c(C4CCN(C(=O)C5(N(C)C)CC5)CC4)cc3F)ncc2Cl)n[nH]1.Cc1cc(Nc2nc(Nc3cc(C)c(C4CCNCC4)cc3C)ncc2C(F)(F)F)n[nH]1.Cc1cc(Nc2nc(Nc3cc(C)c(C4CCNCC4)cc3C)ncc2Cl)n[nH]1. The summed E-state index contributed by atoms with van der Waals surface area (Å²) in [5.74, 6) is 5.44. The van der Waals surface area contributed by atoms with Gasteiger partial charge >= 0.3 is 6.18 Å². The Morgan fingerprint density at radius 1 is 0.429 bits per heavy atom. The van der Waals surface area contributed by atoms with Crippen molar-refractivity contribution in [3.63, 3.8) is 0 Å². The van der Waals surface area contributed by atoms with E-state index in [0.29, 0.717) is 117 Å². The Bertz CT molecular complexity index is 6160. The van der Waals surface area contributed by atoms with Crippen LogP contribution in [0.1, 0.15) is 196 Å². The molecule has 2 saturated carbocycles. The number of halogens is 8. The van der Waals surface area contributed by atoms with Crippen molar-refractivity contribution in [1.29, 1.82) is 0 Å². The number of likely N-dealkylation sites (tertiary alicyclic amines) is 2. The minimum atomic E-state index is -4.60. The fraction of sp³-hybridized carbons (Fsp3) is 0.426. The quantitative estimate of drug-likeness (QED) is 0.0265. The zero-order valence-electron chi connectivity index (χ0n) is 76.5. The first-order valence-corrected chi connectivity index (χ1v) is 46.0. The summed E-state index contributed by atoms with van der Waals surface area (Å²) in [4.78, 5) is 65.7. The Balaban J connectivity index is 0.000000136. The molecule has 18 rings (SSSR count). The summed E-state index contributed by atoms with van der Waals surface area (Å²) in [6, 6.07) is 22.7. The molecule has 702 valence electrons. The lowest BCUT2D eigenvalue weighted by molar-refractivity contribution is -0.139. The maximum atomic E-state index is 15.2. The number of nitrogens with one attached hydrogen (secondary N) is 13. The monoisotopic (exact) mass is 1880 g/mol. The van der Waals surface area contributed by atoms with Crippen LogP contribution in [-0.4, -0.2) is 185 Å². The molecule has 8 aromatic heterocycles. The Morgan fingerprint density at radius 3 is 1.18 bits per heavy atom. The van der Waals surface area contributed by atoms with E-state index in [1.165, 1.54) is 47.5 Å². The molecule has 0 atom stereocenters. The highest BCUT2D eigenvalue weighted by atomic mass is 35.5. The van der Waals surface area contributed by atoms with Crippen LogP contribution in [0.15, 0.2) is 97.6 Å². The molecule has 12 aromatic rings. The normalized spacial score (nSPS) is 16.2. The molecule has 4 aliphatic heterocycles. The van der Waals surface area contributed by atoms with Crippen LogP contribution in [0.5, 0.6) is 0 Å². The number of nitrogens with two attached hydrogens (primary N) is 1. The predicted molar refractivity (Wildman–Crippen MR) is 510 cm³/mol. The van der Waals surface area contributed by atoms with Crippen LogP contribution in [-0.2, 0) is 22.2 Å². The molecule has 4 aromatic carbocycles. The van der Waals surface area contributed by atoms with Crippen LogP contribution >= 0.6 is 34.8 Å². The van der Waals surface area contributed by atoms with Crippen LogP contribution in [0.25, 0.3) is 0 Å². The van der Waals surface area contributed by atoms with E-state index in [-0.39, 0.29) is 70.8 Å². The van der Waals surface area contributed by atoms with Gasteiger partial charge in [0.15, 0.2) is 40.7 Å². The van der Waals surface area contributed by atoms with Crippen LogP contribution < -0.4 is 53.6 Å². The summed E-state index contributed by atoms with van der Waals surface area (Å²) in [6.07, 6.45) is 12.2. The Kier molecular flexibility index (Phi) is 29.6. The van der Waals surface area contributed by atoms with Crippen LogP contribution in [0, 0.1) is 80.9 Å². The molecule has 133 heavy (non-hydrogen) atoms. The van der Waals surface area contributed by atoms with Gasteiger partial charge in [-0.25, -0.2) is 33.7 Å². The van der Waals surface area contributed by atoms with E-state index in [4.69, 9.17) is 40.5 Å². The third-order valence-electron chi connectivity index (χ3n) is 25.5. The molecule has 0 bridgehead atoms. The number of hydrogen-bond acceptors (Lipinski definition) is 25. The second kappa shape index (κ2) is 41.2. The number of carbonyl (C=O) groups is 2. The van der Waals surface area contributed by atoms with Crippen LogP contribution in [0.3, 0.4) is 0 Å². The lowest BCUT2D eigenvalue weighted by Crippen LogP contribution is -2.50. The number of anilines is 14. The summed E-state index contributed by atoms with van der Waals surface area (Å²) >= 11 is 18.7. The van der Waals surface area contributed by atoms with Crippen molar-refractivity contribution in [2.75, 3.05) is 104 Å². The molecule has 12 heterocycles. The average molecular weight is 1880 g/mol. The summed E-state index contributed by atoms with van der Waals surface area (Å²) in [6.45, 7) is 26.7. The van der Waals surface area contributed by atoms with Gasteiger partial charge in [0.1, 0.15) is 49.4 Å². The van der Waals surface area contributed by atoms with E-state index in [0.717, 1.165) is 158 Å². The zero-order chi connectivity index (χ0) is 94.3. The van der Waals surface area contributed by atoms with Crippen molar-refractivity contribution in [2.24, 2.45) is 5.73 Å². The molecule has 15 N–H and O–H groups in total. The third-order valence-corrected chi connectivity index (χ3v) is 26.3. The molecule has 0 unspecified atom stereocenters. The number of H-pyrrole nitrogens is 4. The number of nitrogens with zero attached hydrogens (tertiary/aromatic N) is 15. The van der Waals surface area contributed by atoms with E-state index in [9.17, 15) is 22.8 Å². The van der Waals surface area contributed by atoms with Gasteiger partial charge in [-0.3, -0.25) is 34.9 Å². The largest absolute Gasteiger partial charge is 0.421 e. The first kappa shape index (κ1) is 95.5. The van der Waals surface area contributed by atoms with Gasteiger partial charge in [0.2, 0.25) is 29.7 Å². The number of benzene rings is 4. The summed E-state index contributed by atoms with van der Waals surface area (Å²) < 4.78 is 70.8. The Labute approximate surface area is 783 Å². The van der Waals surface area contributed by atoms with Crippen molar-refractivity contribution in [3.05, 3.63) is 220 Å². The van der Waals surface area contributed by atoms with Gasteiger partial charge in [0, 0.05) is 97.2 Å². The van der Waals surface area contributed by atoms with Gasteiger partial charge in [-0.1, -0.05) is 53.0 Å². The molecule has 2 aliphatic carbocycles. The maximum absolute atomic E-state index is 15.2. The number of alkyl halides is 3. The van der Waals surface area contributed by atoms with Gasteiger partial charge in [-0.15, -0.1) is 0 Å². The van der Waals surface area contributed by atoms with Gasteiger partial charge in [0.05, 0.1) is 29.8 Å². The third kappa shape index (κ3) is 23.6. The standard InChI is InChI=1S/C26H32ClFN8O.C25H29ClFN7O.C22H26F3N7.C21H26ClN7/c1-15-11-21(30-25-29-14-19(27)23(32-25)31-22-12-16(2)33-34-22)20(28)13-18(15)17-5-9-36(10-6-17)24(37)26(7-8-26)35(3)4;1-14-9-17(11-21-29-13-19(26)23(30-21)31-22-10-15(2)32-33-22)20(27)12-18(14)16-3-7-34(8-4-16)24(35)25(28)5-6-25;1-12-9-18(13(2)8-16(12)15-4-6-26-7-5-15)28-21-27-11-17(22(23,24)25)20(30-21)29-19-10-14(3)31-32-19;1-12-9-18(13(2)8-16(12)15-4-6-23-7-5-15)25-21-24-11-17(22)20(27-21)26-19-10-14(3)28-29-19/h11-14,17H,5-10H2,1-4H3,(H3,29,30,31,32,33,34);9-10,12-13,16H,3-8,11,28H2,1-2H3,(H2,29,30,31,32,33);8-11,15,26H,4-7H2,1-3H3,(H3,27,28,29,30,31,32);8-11,15,23H,4-7H2,1-3H3,(H3,24,25,26,27,28,29). The number of hydrogen-bond donors (Lipinski definition) is 14. The number of aryl methyl sites for hydroxylation is 10. The fourth-order valence-electron chi connectivity index (χ4n) is 17.7. The highest BCUT2D eigenvalue weighted by Gasteiger charge is 2.54. The highest BCUT2D eigenvalue weighted by Crippen LogP contribution is 2.46. The molecule has 6 aliphatic rings. The number of rotatable bonds is 23. The molecule has 31 nitrogen and oxygen atoms in total. The number of likely N-dealkylation sites (N-methyl/N-ethyl adjacent to an activating group) is 1. The van der Waals surface area contributed by atoms with Crippen molar-refractivity contribution in [1.82, 2.24) is 106 Å². The van der Waals surface area contributed by atoms with Gasteiger partial charge in [0.25, 0.3) is 0 Å². The molecule has 39 heteroatoms. The second-order valence-electron chi connectivity index (χ2n) is 35.8. The summed E-state index contributed by atoms with van der Waals surface area (Å²) in [5.41, 5.74) is 21.6. The maximum Gasteiger partial charge on any atom is 0.421 e. The molecule has 0 radical (unpaired) electrons. The zero-order valence-corrected chi connectivity index (χ0v) is 78.8. The second-order valence-corrected chi connectivity index (χ2v) is 37.0. The van der Waals surface area contributed by atoms with Crippen molar-refractivity contribution >= 4 is 128 Å². The number of piperidine rings is 4. The average Bonchev–Trinajstić information content (AvgIpc) is 1.59. The molecule has 0 spiro atoms. The Morgan fingerprint density at radius 2 is 0.782 bits per heavy atom. The molecule has 4 saturated heterocycles. The van der Waals surface area contributed by atoms with E-state index < -0.39 is 17.3 Å². The number of aromatic nitrogens is 16. The van der Waals surface area contributed by atoms with Gasteiger partial charge in [-0.05, 0) is 302 Å². The van der Waals surface area contributed by atoms with Crippen molar-refractivity contribution in [3.8, 4) is 0 Å². The fourth-order valence-corrected chi connectivity index (χ4v) is 18.1. The van der Waals surface area contributed by atoms with E-state index >= 15 is 8.78 Å². The van der Waals surface area contributed by atoms with Crippen molar-refractivity contribution < 1.29 is 31.5 Å². The van der Waals surface area contributed by atoms with Gasteiger partial charge < -0.3 is 63.4 Å². The number of amides is 2. The lowest BCUT2D eigenvalue weighted by Gasteiger charge is -2.36. The van der Waals surface area contributed by atoms with Crippen LogP contribution in [0.4, 0.5) is 103 Å².